The smallest absolute Gasteiger partial charge is 0.259 e. The normalized spacial score (nSPS) is 10.7. The Morgan fingerprint density at radius 2 is 2.14 bits per heavy atom. The number of halogens is 1. The summed E-state index contributed by atoms with van der Waals surface area (Å²) < 4.78 is 18.2. The maximum Gasteiger partial charge on any atom is 0.259 e. The minimum Gasteiger partial charge on any atom is -0.397 e. The van der Waals surface area contributed by atoms with Gasteiger partial charge in [-0.05, 0) is 24.3 Å². The molecule has 0 aliphatic heterocycles. The number of anilines is 1. The molecular formula is C14H11FN4OS. The van der Waals surface area contributed by atoms with Crippen LogP contribution in [0.25, 0.3) is 11.5 Å². The number of nitrogens with two attached hydrogens (primary N) is 1. The third kappa shape index (κ3) is 3.38. The highest BCUT2D eigenvalue weighted by molar-refractivity contribution is 7.98. The topological polar surface area (TPSA) is 77.8 Å². The summed E-state index contributed by atoms with van der Waals surface area (Å²) in [6.45, 7) is 0. The highest BCUT2D eigenvalue weighted by Crippen LogP contribution is 2.24. The molecule has 21 heavy (non-hydrogen) atoms. The van der Waals surface area contributed by atoms with Crippen molar-refractivity contribution in [1.29, 1.82) is 0 Å². The first kappa shape index (κ1) is 13.6. The molecule has 0 atom stereocenters. The molecule has 5 nitrogen and oxygen atoms in total. The average Bonchev–Trinajstić information content (AvgIpc) is 2.94. The molecule has 0 aliphatic carbocycles. The molecule has 0 radical (unpaired) electrons. The molecule has 1 aromatic carbocycles. The van der Waals surface area contributed by atoms with Gasteiger partial charge in [0.25, 0.3) is 5.89 Å². The lowest BCUT2D eigenvalue weighted by molar-refractivity contribution is 0.425. The minimum atomic E-state index is -0.264. The Labute approximate surface area is 124 Å². The lowest BCUT2D eigenvalue weighted by Gasteiger charge is -1.97. The van der Waals surface area contributed by atoms with Gasteiger partial charge < -0.3 is 10.3 Å². The first-order chi connectivity index (χ1) is 10.2. The largest absolute Gasteiger partial charge is 0.397 e. The molecule has 3 rings (SSSR count). The van der Waals surface area contributed by atoms with E-state index in [2.05, 4.69) is 15.1 Å². The molecular weight excluding hydrogens is 291 g/mol. The molecule has 0 saturated heterocycles. The molecule has 3 aromatic rings. The number of hydrogen-bond acceptors (Lipinski definition) is 6. The Balaban J connectivity index is 1.71. The second-order valence-electron chi connectivity index (χ2n) is 4.27. The number of benzene rings is 1. The van der Waals surface area contributed by atoms with E-state index in [4.69, 9.17) is 10.3 Å². The van der Waals surface area contributed by atoms with Gasteiger partial charge in [0.2, 0.25) is 0 Å². The zero-order chi connectivity index (χ0) is 14.7. The van der Waals surface area contributed by atoms with Crippen LogP contribution in [0.5, 0.6) is 0 Å². The highest BCUT2D eigenvalue weighted by atomic mass is 32.2. The minimum absolute atomic E-state index is 0.264. The molecule has 0 aliphatic rings. The van der Waals surface area contributed by atoms with Crippen LogP contribution in [0.3, 0.4) is 0 Å². The van der Waals surface area contributed by atoms with Crippen molar-refractivity contribution in [2.24, 2.45) is 0 Å². The van der Waals surface area contributed by atoms with Gasteiger partial charge in [-0.25, -0.2) is 4.39 Å². The van der Waals surface area contributed by atoms with Crippen LogP contribution in [0.2, 0.25) is 0 Å². The molecule has 106 valence electrons. The van der Waals surface area contributed by atoms with Crippen LogP contribution in [0.4, 0.5) is 10.1 Å². The summed E-state index contributed by atoms with van der Waals surface area (Å²) in [4.78, 5) is 9.06. The molecule has 2 N–H and O–H groups in total. The Hall–Kier alpha value is -2.41. The van der Waals surface area contributed by atoms with E-state index >= 15 is 0 Å². The number of rotatable bonds is 4. The summed E-state index contributed by atoms with van der Waals surface area (Å²) in [5.74, 6) is 1.12. The van der Waals surface area contributed by atoms with E-state index in [1.807, 2.05) is 6.07 Å². The van der Waals surface area contributed by atoms with Crippen LogP contribution in [0, 0.1) is 5.82 Å². The fraction of sp³-hybridized carbons (Fsp3) is 0.0714. The second kappa shape index (κ2) is 5.92. The molecule has 0 spiro atoms. The molecule has 0 unspecified atom stereocenters. The van der Waals surface area contributed by atoms with Gasteiger partial charge in [0.15, 0.2) is 5.82 Å². The Bertz CT molecular complexity index is 762. The van der Waals surface area contributed by atoms with Gasteiger partial charge in [0, 0.05) is 17.3 Å². The van der Waals surface area contributed by atoms with Gasteiger partial charge in [0.1, 0.15) is 5.82 Å². The standard InChI is InChI=1S/C14H11FN4OS/c15-10-2-1-3-12(5-10)21-8-13-18-14(20-19-13)9-4-11(16)7-17-6-9/h1-7H,8,16H2. The van der Waals surface area contributed by atoms with Crippen molar-refractivity contribution >= 4 is 17.4 Å². The molecule has 2 heterocycles. The van der Waals surface area contributed by atoms with E-state index in [0.29, 0.717) is 28.7 Å². The van der Waals surface area contributed by atoms with E-state index in [0.717, 1.165) is 4.90 Å². The van der Waals surface area contributed by atoms with Gasteiger partial charge in [-0.1, -0.05) is 11.2 Å². The van der Waals surface area contributed by atoms with Crippen molar-refractivity contribution in [3.8, 4) is 11.5 Å². The summed E-state index contributed by atoms with van der Waals surface area (Å²) in [7, 11) is 0. The summed E-state index contributed by atoms with van der Waals surface area (Å²) >= 11 is 1.43. The van der Waals surface area contributed by atoms with Crippen LogP contribution in [0.1, 0.15) is 5.82 Å². The summed E-state index contributed by atoms with van der Waals surface area (Å²) in [6, 6.07) is 8.08. The van der Waals surface area contributed by atoms with Crippen LogP contribution >= 0.6 is 11.8 Å². The van der Waals surface area contributed by atoms with E-state index < -0.39 is 0 Å². The van der Waals surface area contributed by atoms with Crippen molar-refractivity contribution in [2.75, 3.05) is 5.73 Å². The SMILES string of the molecule is Nc1cncc(-c2nc(CSc3cccc(F)c3)no2)c1. The van der Waals surface area contributed by atoms with Crippen LogP contribution in [-0.2, 0) is 5.75 Å². The third-order valence-electron chi connectivity index (χ3n) is 2.64. The summed E-state index contributed by atoms with van der Waals surface area (Å²) in [5, 5.41) is 3.89. The zero-order valence-electron chi connectivity index (χ0n) is 10.9. The molecule has 0 fully saturated rings. The monoisotopic (exact) mass is 302 g/mol. The predicted molar refractivity (Wildman–Crippen MR) is 77.9 cm³/mol. The first-order valence-corrected chi connectivity index (χ1v) is 7.11. The maximum absolute atomic E-state index is 13.1. The molecule has 7 heteroatoms. The first-order valence-electron chi connectivity index (χ1n) is 6.12. The van der Waals surface area contributed by atoms with E-state index in [1.54, 1.807) is 24.5 Å². The molecule has 2 aromatic heterocycles. The number of hydrogen-bond donors (Lipinski definition) is 1. The van der Waals surface area contributed by atoms with Crippen molar-refractivity contribution in [2.45, 2.75) is 10.6 Å². The van der Waals surface area contributed by atoms with Gasteiger partial charge in [-0.3, -0.25) is 4.98 Å². The summed E-state index contributed by atoms with van der Waals surface area (Å²) in [5.41, 5.74) is 6.86. The van der Waals surface area contributed by atoms with Crippen molar-refractivity contribution < 1.29 is 8.91 Å². The Morgan fingerprint density at radius 1 is 1.24 bits per heavy atom. The van der Waals surface area contributed by atoms with Gasteiger partial charge >= 0.3 is 0 Å². The van der Waals surface area contributed by atoms with Crippen molar-refractivity contribution in [3.63, 3.8) is 0 Å². The fourth-order valence-corrected chi connectivity index (χ4v) is 2.49. The summed E-state index contributed by atoms with van der Waals surface area (Å²) in [6.07, 6.45) is 3.15. The van der Waals surface area contributed by atoms with E-state index in [9.17, 15) is 4.39 Å². The Kier molecular flexibility index (Phi) is 3.83. The quantitative estimate of drug-likeness (QED) is 0.746. The van der Waals surface area contributed by atoms with Crippen LogP contribution < -0.4 is 5.73 Å². The van der Waals surface area contributed by atoms with Gasteiger partial charge in [-0.15, -0.1) is 11.8 Å². The average molecular weight is 302 g/mol. The molecule has 0 saturated carbocycles. The van der Waals surface area contributed by atoms with Gasteiger partial charge in [-0.2, -0.15) is 4.98 Å². The van der Waals surface area contributed by atoms with Crippen LogP contribution in [-0.4, -0.2) is 15.1 Å². The number of pyridine rings is 1. The van der Waals surface area contributed by atoms with E-state index in [1.165, 1.54) is 23.9 Å². The second-order valence-corrected chi connectivity index (χ2v) is 5.32. The molecule has 0 bridgehead atoms. The van der Waals surface area contributed by atoms with E-state index in [-0.39, 0.29) is 5.82 Å². The number of aromatic nitrogens is 3. The number of nitrogen functional groups attached to an aromatic ring is 1. The maximum atomic E-state index is 13.1. The Morgan fingerprint density at radius 3 is 2.95 bits per heavy atom. The van der Waals surface area contributed by atoms with Crippen molar-refractivity contribution in [3.05, 3.63) is 54.4 Å². The van der Waals surface area contributed by atoms with Crippen molar-refractivity contribution in [1.82, 2.24) is 15.1 Å². The van der Waals surface area contributed by atoms with Crippen LogP contribution in [0.15, 0.2) is 52.1 Å². The number of thioether (sulfide) groups is 1. The lowest BCUT2D eigenvalue weighted by atomic mass is 10.2. The highest BCUT2D eigenvalue weighted by Gasteiger charge is 2.10. The predicted octanol–water partition coefficient (Wildman–Crippen LogP) is 3.15. The van der Waals surface area contributed by atoms with Gasteiger partial charge in [0.05, 0.1) is 17.0 Å². The third-order valence-corrected chi connectivity index (χ3v) is 3.63. The molecule has 0 amide bonds. The number of nitrogens with zero attached hydrogens (tertiary/aromatic N) is 3. The zero-order valence-corrected chi connectivity index (χ0v) is 11.7. The fourth-order valence-electron chi connectivity index (χ4n) is 1.71. The lowest BCUT2D eigenvalue weighted by Crippen LogP contribution is -1.88.